The molecule has 0 aliphatic rings. The third kappa shape index (κ3) is 2.58. The number of rotatable bonds is 3. The Balaban J connectivity index is 2.10. The lowest BCUT2D eigenvalue weighted by atomic mass is 10.1. The molecule has 0 fully saturated rings. The van der Waals surface area contributed by atoms with Crippen LogP contribution in [0.4, 0.5) is 4.39 Å². The van der Waals surface area contributed by atoms with Crippen LogP contribution in [0.15, 0.2) is 54.7 Å². The fourth-order valence-corrected chi connectivity index (χ4v) is 2.31. The number of para-hydroxylation sites is 1. The van der Waals surface area contributed by atoms with E-state index in [1.807, 2.05) is 36.5 Å². The molecule has 1 aromatic heterocycles. The molecule has 0 bridgehead atoms. The predicted octanol–water partition coefficient (Wildman–Crippen LogP) is 3.45. The summed E-state index contributed by atoms with van der Waals surface area (Å²) in [5.41, 5.74) is 10.0. The van der Waals surface area contributed by atoms with Crippen molar-refractivity contribution >= 4 is 0 Å². The van der Waals surface area contributed by atoms with Crippen LogP contribution in [0.2, 0.25) is 0 Å². The van der Waals surface area contributed by atoms with E-state index in [9.17, 15) is 4.39 Å². The van der Waals surface area contributed by atoms with Crippen molar-refractivity contribution in [1.82, 2.24) is 9.78 Å². The van der Waals surface area contributed by atoms with Crippen molar-refractivity contribution in [3.05, 3.63) is 71.7 Å². The Bertz CT molecular complexity index is 763. The first-order chi connectivity index (χ1) is 10.2. The number of aryl methyl sites for hydroxylation is 1. The number of nitrogens with zero attached hydrogens (tertiary/aromatic N) is 2. The number of halogens is 1. The molecular formula is C17H16FN3. The van der Waals surface area contributed by atoms with Crippen molar-refractivity contribution in [2.75, 3.05) is 0 Å². The van der Waals surface area contributed by atoms with Gasteiger partial charge in [0.15, 0.2) is 0 Å². The van der Waals surface area contributed by atoms with E-state index in [1.54, 1.807) is 23.7 Å². The molecule has 0 spiro atoms. The highest BCUT2D eigenvalue weighted by Gasteiger charge is 2.12. The molecule has 106 valence electrons. The summed E-state index contributed by atoms with van der Waals surface area (Å²) in [5.74, 6) is -0.212. The van der Waals surface area contributed by atoms with Gasteiger partial charge in [0, 0.05) is 23.9 Å². The third-order valence-electron chi connectivity index (χ3n) is 3.46. The van der Waals surface area contributed by atoms with E-state index in [1.165, 1.54) is 6.07 Å². The van der Waals surface area contributed by atoms with Crippen molar-refractivity contribution < 1.29 is 4.39 Å². The van der Waals surface area contributed by atoms with Gasteiger partial charge in [-0.25, -0.2) is 9.07 Å². The van der Waals surface area contributed by atoms with Crippen LogP contribution in [0.1, 0.15) is 11.1 Å². The Morgan fingerprint density at radius 3 is 2.57 bits per heavy atom. The van der Waals surface area contributed by atoms with Crippen LogP contribution >= 0.6 is 0 Å². The Morgan fingerprint density at radius 2 is 1.90 bits per heavy atom. The van der Waals surface area contributed by atoms with E-state index >= 15 is 0 Å². The molecule has 0 radical (unpaired) electrons. The summed E-state index contributed by atoms with van der Waals surface area (Å²) in [4.78, 5) is 0. The summed E-state index contributed by atoms with van der Waals surface area (Å²) in [7, 11) is 0. The third-order valence-corrected chi connectivity index (χ3v) is 3.46. The fraction of sp³-hybridized carbons (Fsp3) is 0.118. The topological polar surface area (TPSA) is 43.8 Å². The molecule has 0 aliphatic carbocycles. The molecule has 1 heterocycles. The SMILES string of the molecule is Cc1cc(-c2nn(-c3ccccc3)cc2CN)ccc1F. The molecule has 21 heavy (non-hydrogen) atoms. The van der Waals surface area contributed by atoms with E-state index in [0.717, 1.165) is 22.5 Å². The van der Waals surface area contributed by atoms with Crippen molar-refractivity contribution in [2.24, 2.45) is 5.73 Å². The van der Waals surface area contributed by atoms with Gasteiger partial charge in [0.1, 0.15) is 5.82 Å². The average molecular weight is 281 g/mol. The Hall–Kier alpha value is -2.46. The second-order valence-corrected chi connectivity index (χ2v) is 4.95. The summed E-state index contributed by atoms with van der Waals surface area (Å²) in [5, 5.41) is 4.61. The minimum absolute atomic E-state index is 0.212. The van der Waals surface area contributed by atoms with Crippen LogP contribution in [0, 0.1) is 12.7 Å². The van der Waals surface area contributed by atoms with E-state index in [-0.39, 0.29) is 5.82 Å². The van der Waals surface area contributed by atoms with Gasteiger partial charge in [-0.3, -0.25) is 0 Å². The second kappa shape index (κ2) is 5.50. The first kappa shape index (κ1) is 13.5. The summed E-state index contributed by atoms with van der Waals surface area (Å²) in [6, 6.07) is 14.8. The summed E-state index contributed by atoms with van der Waals surface area (Å²) >= 11 is 0. The van der Waals surface area contributed by atoms with Gasteiger partial charge in [-0.15, -0.1) is 0 Å². The summed E-state index contributed by atoms with van der Waals surface area (Å²) in [6.07, 6.45) is 1.92. The lowest BCUT2D eigenvalue weighted by Crippen LogP contribution is -1.97. The van der Waals surface area contributed by atoms with Gasteiger partial charge in [-0.2, -0.15) is 5.10 Å². The molecule has 0 amide bonds. The zero-order valence-corrected chi connectivity index (χ0v) is 11.8. The first-order valence-electron chi connectivity index (χ1n) is 6.79. The molecule has 0 aliphatic heterocycles. The molecule has 0 unspecified atom stereocenters. The van der Waals surface area contributed by atoms with Crippen molar-refractivity contribution in [1.29, 1.82) is 0 Å². The second-order valence-electron chi connectivity index (χ2n) is 4.95. The molecule has 0 saturated carbocycles. The van der Waals surface area contributed by atoms with Crippen LogP contribution in [0.5, 0.6) is 0 Å². The number of hydrogen-bond donors (Lipinski definition) is 1. The standard InChI is InChI=1S/C17H16FN3/c1-12-9-13(7-8-16(12)18)17-14(10-19)11-21(20-17)15-5-3-2-4-6-15/h2-9,11H,10,19H2,1H3. The fourth-order valence-electron chi connectivity index (χ4n) is 2.31. The monoisotopic (exact) mass is 281 g/mol. The molecule has 2 aromatic carbocycles. The van der Waals surface area contributed by atoms with Gasteiger partial charge in [0.2, 0.25) is 0 Å². The van der Waals surface area contributed by atoms with Gasteiger partial charge in [-0.05, 0) is 42.8 Å². The molecule has 3 rings (SSSR count). The van der Waals surface area contributed by atoms with Gasteiger partial charge in [0.05, 0.1) is 11.4 Å². The minimum atomic E-state index is -0.212. The van der Waals surface area contributed by atoms with Gasteiger partial charge in [0.25, 0.3) is 0 Å². The largest absolute Gasteiger partial charge is 0.326 e. The highest BCUT2D eigenvalue weighted by molar-refractivity contribution is 5.64. The van der Waals surface area contributed by atoms with Gasteiger partial charge < -0.3 is 5.73 Å². The molecule has 0 saturated heterocycles. The van der Waals surface area contributed by atoms with Crippen molar-refractivity contribution in [3.63, 3.8) is 0 Å². The highest BCUT2D eigenvalue weighted by atomic mass is 19.1. The van der Waals surface area contributed by atoms with Crippen LogP contribution in [-0.4, -0.2) is 9.78 Å². The Morgan fingerprint density at radius 1 is 1.14 bits per heavy atom. The first-order valence-corrected chi connectivity index (χ1v) is 6.79. The van der Waals surface area contributed by atoms with E-state index in [0.29, 0.717) is 12.1 Å². The van der Waals surface area contributed by atoms with Crippen LogP contribution in [0.3, 0.4) is 0 Å². The van der Waals surface area contributed by atoms with E-state index in [4.69, 9.17) is 5.73 Å². The van der Waals surface area contributed by atoms with Gasteiger partial charge >= 0.3 is 0 Å². The van der Waals surface area contributed by atoms with E-state index in [2.05, 4.69) is 5.10 Å². The molecule has 3 aromatic rings. The Labute approximate surface area is 122 Å². The Kier molecular flexibility index (Phi) is 3.54. The zero-order chi connectivity index (χ0) is 14.8. The number of aromatic nitrogens is 2. The highest BCUT2D eigenvalue weighted by Crippen LogP contribution is 2.25. The molecule has 3 nitrogen and oxygen atoms in total. The lowest BCUT2D eigenvalue weighted by molar-refractivity contribution is 0.618. The smallest absolute Gasteiger partial charge is 0.126 e. The van der Waals surface area contributed by atoms with Crippen molar-refractivity contribution in [3.8, 4) is 16.9 Å². The number of hydrogen-bond acceptors (Lipinski definition) is 2. The van der Waals surface area contributed by atoms with Crippen LogP contribution in [-0.2, 0) is 6.54 Å². The quantitative estimate of drug-likeness (QED) is 0.799. The minimum Gasteiger partial charge on any atom is -0.326 e. The summed E-state index contributed by atoms with van der Waals surface area (Å²) in [6.45, 7) is 2.13. The summed E-state index contributed by atoms with van der Waals surface area (Å²) < 4.78 is 15.2. The van der Waals surface area contributed by atoms with E-state index < -0.39 is 0 Å². The molecule has 4 heteroatoms. The molecule has 2 N–H and O–H groups in total. The normalized spacial score (nSPS) is 10.8. The lowest BCUT2D eigenvalue weighted by Gasteiger charge is -2.03. The maximum absolute atomic E-state index is 13.4. The van der Waals surface area contributed by atoms with Crippen molar-refractivity contribution in [2.45, 2.75) is 13.5 Å². The number of benzene rings is 2. The maximum atomic E-state index is 13.4. The maximum Gasteiger partial charge on any atom is 0.126 e. The zero-order valence-electron chi connectivity index (χ0n) is 11.8. The van der Waals surface area contributed by atoms with Gasteiger partial charge in [-0.1, -0.05) is 18.2 Å². The molecular weight excluding hydrogens is 265 g/mol. The van der Waals surface area contributed by atoms with Crippen LogP contribution < -0.4 is 5.73 Å². The predicted molar refractivity (Wildman–Crippen MR) is 81.6 cm³/mol. The molecule has 0 atom stereocenters. The number of nitrogens with two attached hydrogens (primary N) is 1. The van der Waals surface area contributed by atoms with Crippen LogP contribution in [0.25, 0.3) is 16.9 Å². The average Bonchev–Trinajstić information content (AvgIpc) is 2.95.